The van der Waals surface area contributed by atoms with Gasteiger partial charge in [-0.3, -0.25) is 4.79 Å². The lowest BCUT2D eigenvalue weighted by molar-refractivity contribution is -0.141. The Balaban J connectivity index is 3.40. The number of alkyl halides is 1. The standard InChI is InChI=1S/C6H7BrO2/c1-3-4-6(7)9-5(2)8/h1,6H,4H2,2H3. The number of hydrogen-bond acceptors (Lipinski definition) is 2. The average Bonchev–Trinajstić information content (AvgIpc) is 1.63. The lowest BCUT2D eigenvalue weighted by atomic mass is 10.5. The molecule has 1 unspecified atom stereocenters. The second kappa shape index (κ2) is 4.39. The second-order valence-corrected chi connectivity index (χ2v) is 2.45. The first-order valence-electron chi connectivity index (χ1n) is 2.41. The molecule has 9 heavy (non-hydrogen) atoms. The van der Waals surface area contributed by atoms with Crippen molar-refractivity contribution >= 4 is 21.9 Å². The number of ether oxygens (including phenoxy) is 1. The van der Waals surface area contributed by atoms with Gasteiger partial charge < -0.3 is 4.74 Å². The third-order valence-corrected chi connectivity index (χ3v) is 1.08. The lowest BCUT2D eigenvalue weighted by Crippen LogP contribution is -2.07. The molecule has 0 N–H and O–H groups in total. The van der Waals surface area contributed by atoms with Crippen molar-refractivity contribution in [2.45, 2.75) is 18.4 Å². The minimum atomic E-state index is -0.333. The number of carbonyl (C=O) groups is 1. The van der Waals surface area contributed by atoms with Gasteiger partial charge in [-0.2, -0.15) is 0 Å². The van der Waals surface area contributed by atoms with E-state index in [2.05, 4.69) is 26.6 Å². The molecule has 0 saturated carbocycles. The predicted octanol–water partition coefficient (Wildman–Crippen LogP) is 1.29. The molecule has 0 aromatic heterocycles. The van der Waals surface area contributed by atoms with E-state index in [1.807, 2.05) is 0 Å². The summed E-state index contributed by atoms with van der Waals surface area (Å²) in [6.45, 7) is 1.34. The Morgan fingerprint density at radius 3 is 2.89 bits per heavy atom. The summed E-state index contributed by atoms with van der Waals surface area (Å²) in [6, 6.07) is 0. The first kappa shape index (κ1) is 8.51. The molecule has 0 aliphatic carbocycles. The zero-order valence-corrected chi connectivity index (χ0v) is 6.64. The molecular formula is C6H7BrO2. The van der Waals surface area contributed by atoms with E-state index in [-0.39, 0.29) is 11.0 Å². The molecule has 0 aliphatic heterocycles. The van der Waals surface area contributed by atoms with Crippen molar-refractivity contribution in [1.29, 1.82) is 0 Å². The highest BCUT2D eigenvalue weighted by molar-refractivity contribution is 9.09. The summed E-state index contributed by atoms with van der Waals surface area (Å²) in [6.07, 6.45) is 5.34. The topological polar surface area (TPSA) is 26.3 Å². The lowest BCUT2D eigenvalue weighted by Gasteiger charge is -2.04. The fraction of sp³-hybridized carbons (Fsp3) is 0.500. The van der Waals surface area contributed by atoms with E-state index in [4.69, 9.17) is 6.42 Å². The van der Waals surface area contributed by atoms with E-state index in [1.54, 1.807) is 0 Å². The van der Waals surface area contributed by atoms with Crippen molar-refractivity contribution in [1.82, 2.24) is 0 Å². The van der Waals surface area contributed by atoms with Crippen molar-refractivity contribution in [3.05, 3.63) is 0 Å². The van der Waals surface area contributed by atoms with Gasteiger partial charge in [0.05, 0.1) is 6.42 Å². The number of terminal acetylenes is 1. The molecule has 0 saturated heterocycles. The molecule has 1 atom stereocenters. The molecule has 0 aliphatic rings. The van der Waals surface area contributed by atoms with E-state index < -0.39 is 0 Å². The van der Waals surface area contributed by atoms with Crippen molar-refractivity contribution in [2.24, 2.45) is 0 Å². The van der Waals surface area contributed by atoms with Crippen molar-refractivity contribution in [2.75, 3.05) is 0 Å². The fourth-order valence-electron chi connectivity index (χ4n) is 0.314. The minimum Gasteiger partial charge on any atom is -0.450 e. The highest BCUT2D eigenvalue weighted by Gasteiger charge is 2.02. The molecule has 0 rings (SSSR count). The maximum atomic E-state index is 10.2. The van der Waals surface area contributed by atoms with E-state index >= 15 is 0 Å². The molecule has 0 heterocycles. The van der Waals surface area contributed by atoms with Crippen LogP contribution in [-0.2, 0) is 9.53 Å². The summed E-state index contributed by atoms with van der Waals surface area (Å²) in [5.41, 5.74) is 0. The van der Waals surface area contributed by atoms with E-state index in [0.29, 0.717) is 6.42 Å². The molecule has 0 radical (unpaired) electrons. The largest absolute Gasteiger partial charge is 0.450 e. The van der Waals surface area contributed by atoms with Gasteiger partial charge in [0.1, 0.15) is 0 Å². The van der Waals surface area contributed by atoms with E-state index in [1.165, 1.54) is 6.92 Å². The van der Waals surface area contributed by atoms with Crippen LogP contribution in [0, 0.1) is 12.3 Å². The Bertz CT molecular complexity index is 136. The van der Waals surface area contributed by atoms with Crippen LogP contribution < -0.4 is 0 Å². The van der Waals surface area contributed by atoms with Gasteiger partial charge in [0.2, 0.25) is 0 Å². The molecular weight excluding hydrogens is 184 g/mol. The number of halogens is 1. The van der Waals surface area contributed by atoms with E-state index in [9.17, 15) is 4.79 Å². The highest BCUT2D eigenvalue weighted by atomic mass is 79.9. The Kier molecular flexibility index (Phi) is 4.16. The Morgan fingerprint density at radius 2 is 2.56 bits per heavy atom. The Hall–Kier alpha value is -0.490. The van der Waals surface area contributed by atoms with Crippen LogP contribution in [0.3, 0.4) is 0 Å². The summed E-state index contributed by atoms with van der Waals surface area (Å²) in [5, 5.41) is -0.333. The molecule has 3 heteroatoms. The van der Waals surface area contributed by atoms with Gasteiger partial charge in [-0.15, -0.1) is 12.3 Å². The first-order valence-corrected chi connectivity index (χ1v) is 3.33. The van der Waals surface area contributed by atoms with Gasteiger partial charge in [0.15, 0.2) is 5.01 Å². The SMILES string of the molecule is C#CCC(Br)OC(C)=O. The zero-order valence-electron chi connectivity index (χ0n) is 5.06. The van der Waals surface area contributed by atoms with Crippen LogP contribution >= 0.6 is 15.9 Å². The molecule has 2 nitrogen and oxygen atoms in total. The molecule has 0 aromatic rings. The number of rotatable bonds is 2. The van der Waals surface area contributed by atoms with Crippen LogP contribution in [0.1, 0.15) is 13.3 Å². The molecule has 0 aromatic carbocycles. The average molecular weight is 191 g/mol. The third kappa shape index (κ3) is 5.38. The monoisotopic (exact) mass is 190 g/mol. The highest BCUT2D eigenvalue weighted by Crippen LogP contribution is 2.05. The number of hydrogen-bond donors (Lipinski definition) is 0. The Labute approximate surface area is 62.7 Å². The molecule has 50 valence electrons. The van der Waals surface area contributed by atoms with Gasteiger partial charge in [0.25, 0.3) is 0 Å². The van der Waals surface area contributed by atoms with Gasteiger partial charge in [0, 0.05) is 6.92 Å². The Morgan fingerprint density at radius 1 is 2.00 bits per heavy atom. The normalized spacial score (nSPS) is 11.7. The fourth-order valence-corrected chi connectivity index (χ4v) is 0.765. The smallest absolute Gasteiger partial charge is 0.303 e. The summed E-state index contributed by atoms with van der Waals surface area (Å²) < 4.78 is 4.63. The molecule has 0 amide bonds. The van der Waals surface area contributed by atoms with Crippen LogP contribution in [-0.4, -0.2) is 11.0 Å². The number of esters is 1. The maximum absolute atomic E-state index is 10.2. The molecule has 0 bridgehead atoms. The van der Waals surface area contributed by atoms with Gasteiger partial charge >= 0.3 is 5.97 Å². The van der Waals surface area contributed by atoms with Gasteiger partial charge in [-0.05, 0) is 15.9 Å². The van der Waals surface area contributed by atoms with Crippen molar-refractivity contribution < 1.29 is 9.53 Å². The van der Waals surface area contributed by atoms with Crippen LogP contribution in [0.25, 0.3) is 0 Å². The summed E-state index contributed by atoms with van der Waals surface area (Å²) in [4.78, 5) is 10.2. The predicted molar refractivity (Wildman–Crippen MR) is 37.9 cm³/mol. The summed E-state index contributed by atoms with van der Waals surface area (Å²) in [7, 11) is 0. The second-order valence-electron chi connectivity index (χ2n) is 1.43. The quantitative estimate of drug-likeness (QED) is 0.373. The van der Waals surface area contributed by atoms with Crippen molar-refractivity contribution in [3.8, 4) is 12.3 Å². The zero-order chi connectivity index (χ0) is 7.28. The maximum Gasteiger partial charge on any atom is 0.303 e. The van der Waals surface area contributed by atoms with Crippen LogP contribution in [0.15, 0.2) is 0 Å². The molecule has 0 spiro atoms. The first-order chi connectivity index (χ1) is 4.16. The third-order valence-electron chi connectivity index (χ3n) is 0.572. The van der Waals surface area contributed by atoms with Crippen molar-refractivity contribution in [3.63, 3.8) is 0 Å². The molecule has 0 fully saturated rings. The summed E-state index contributed by atoms with van der Waals surface area (Å²) >= 11 is 3.05. The minimum absolute atomic E-state index is 0.327. The van der Waals surface area contributed by atoms with Gasteiger partial charge in [-0.1, -0.05) is 0 Å². The van der Waals surface area contributed by atoms with E-state index in [0.717, 1.165) is 0 Å². The van der Waals surface area contributed by atoms with Crippen LogP contribution in [0.4, 0.5) is 0 Å². The number of carbonyl (C=O) groups excluding carboxylic acids is 1. The summed E-state index contributed by atoms with van der Waals surface area (Å²) in [5.74, 6) is 2.02. The van der Waals surface area contributed by atoms with Gasteiger partial charge in [-0.25, -0.2) is 0 Å². The van der Waals surface area contributed by atoms with Crippen LogP contribution in [0.5, 0.6) is 0 Å². The van der Waals surface area contributed by atoms with Crippen LogP contribution in [0.2, 0.25) is 0 Å².